The van der Waals surface area contributed by atoms with Crippen molar-refractivity contribution in [3.05, 3.63) is 34.7 Å². The van der Waals surface area contributed by atoms with Crippen molar-refractivity contribution in [1.82, 2.24) is 0 Å². The predicted molar refractivity (Wildman–Crippen MR) is 70.5 cm³/mol. The van der Waals surface area contributed by atoms with E-state index in [1.165, 1.54) is 21.6 Å². The fraction of sp³-hybridized carbons (Fsp3) is 0.300. The maximum Gasteiger partial charge on any atom is 0.0376 e. The summed E-state index contributed by atoms with van der Waals surface area (Å²) in [7, 11) is 3.07. The van der Waals surface area contributed by atoms with Crippen LogP contribution in [0.5, 0.6) is 0 Å². The molecule has 90 valence electrons. The average Bonchev–Trinajstić information content (AvgIpc) is 2.31. The van der Waals surface area contributed by atoms with Crippen LogP contribution in [0.4, 0.5) is 5.69 Å². The summed E-state index contributed by atoms with van der Waals surface area (Å²) < 4.78 is 0. The molecule has 0 aromatic heterocycles. The first-order valence-corrected chi connectivity index (χ1v) is 7.15. The highest BCUT2D eigenvalue weighted by atomic mass is 33.1. The molecule has 0 heterocycles. The fourth-order valence-electron chi connectivity index (χ4n) is 0.900. The van der Waals surface area contributed by atoms with Gasteiger partial charge >= 0.3 is 0 Å². The molecule has 0 saturated heterocycles. The van der Waals surface area contributed by atoms with E-state index in [-0.39, 0.29) is 5.92 Å². The van der Waals surface area contributed by atoms with E-state index in [9.17, 15) is 5.11 Å². The molecule has 1 rings (SSSR count). The number of azide groups is 1. The summed E-state index contributed by atoms with van der Waals surface area (Å²) in [4.78, 5) is 3.72. The molecule has 0 bridgehead atoms. The number of benzene rings is 1. The second kappa shape index (κ2) is 7.11. The Labute approximate surface area is 107 Å². The van der Waals surface area contributed by atoms with Gasteiger partial charge in [0.15, 0.2) is 0 Å². The van der Waals surface area contributed by atoms with E-state index in [1.807, 2.05) is 12.1 Å². The van der Waals surface area contributed by atoms with Crippen molar-refractivity contribution in [3.63, 3.8) is 0 Å². The molecule has 0 fully saturated rings. The molecular formula is C10H11N4OS2-. The third kappa shape index (κ3) is 5.04. The highest BCUT2D eigenvalue weighted by Crippen LogP contribution is 2.33. The van der Waals surface area contributed by atoms with Gasteiger partial charge in [0.05, 0.1) is 0 Å². The molecular weight excluding hydrogens is 256 g/mol. The molecule has 1 atom stereocenters. The van der Waals surface area contributed by atoms with Gasteiger partial charge in [0.1, 0.15) is 0 Å². The first-order chi connectivity index (χ1) is 8.13. The first-order valence-electron chi connectivity index (χ1n) is 4.83. The SMILES string of the molecule is CC(CSSc1ccc(N=[N+]=[N-])cc1)C(=N)[O-]. The highest BCUT2D eigenvalue weighted by molar-refractivity contribution is 8.76. The second-order valence-electron chi connectivity index (χ2n) is 3.32. The third-order valence-corrected chi connectivity index (χ3v) is 4.48. The number of hydrogen-bond acceptors (Lipinski definition) is 5. The Hall–Kier alpha value is -1.30. The maximum atomic E-state index is 10.7. The van der Waals surface area contributed by atoms with E-state index < -0.39 is 5.90 Å². The molecule has 1 unspecified atom stereocenters. The summed E-state index contributed by atoms with van der Waals surface area (Å²) in [5, 5.41) is 21.1. The number of nitrogens with one attached hydrogen (secondary N) is 1. The van der Waals surface area contributed by atoms with Crippen molar-refractivity contribution in [1.29, 1.82) is 5.41 Å². The smallest absolute Gasteiger partial charge is 0.0376 e. The lowest BCUT2D eigenvalue weighted by atomic mass is 10.2. The summed E-state index contributed by atoms with van der Waals surface area (Å²) in [6.45, 7) is 1.74. The van der Waals surface area contributed by atoms with Gasteiger partial charge in [-0.05, 0) is 29.5 Å². The summed E-state index contributed by atoms with van der Waals surface area (Å²) in [6.07, 6.45) is 0. The molecule has 1 aromatic rings. The van der Waals surface area contributed by atoms with Gasteiger partial charge in [-0.25, -0.2) is 0 Å². The molecule has 0 aliphatic heterocycles. The normalized spacial score (nSPS) is 11.6. The summed E-state index contributed by atoms with van der Waals surface area (Å²) >= 11 is 0. The van der Waals surface area contributed by atoms with E-state index >= 15 is 0 Å². The molecule has 1 aromatic carbocycles. The van der Waals surface area contributed by atoms with E-state index in [0.717, 1.165) is 4.90 Å². The van der Waals surface area contributed by atoms with E-state index in [4.69, 9.17) is 10.9 Å². The minimum absolute atomic E-state index is 0.241. The van der Waals surface area contributed by atoms with Gasteiger partial charge in [-0.1, -0.05) is 45.8 Å². The van der Waals surface area contributed by atoms with E-state index in [1.54, 1.807) is 19.1 Å². The third-order valence-electron chi connectivity index (χ3n) is 1.92. The molecule has 0 amide bonds. The van der Waals surface area contributed by atoms with Gasteiger partial charge in [0.25, 0.3) is 0 Å². The van der Waals surface area contributed by atoms with Crippen LogP contribution in [-0.2, 0) is 0 Å². The average molecular weight is 267 g/mol. The predicted octanol–water partition coefficient (Wildman–Crippen LogP) is 3.34. The van der Waals surface area contributed by atoms with Crippen LogP contribution in [0.2, 0.25) is 0 Å². The Kier molecular flexibility index (Phi) is 5.76. The zero-order valence-corrected chi connectivity index (χ0v) is 10.8. The lowest BCUT2D eigenvalue weighted by molar-refractivity contribution is -0.224. The van der Waals surface area contributed by atoms with Gasteiger partial charge in [-0.15, -0.1) is 0 Å². The Balaban J connectivity index is 2.42. The van der Waals surface area contributed by atoms with Crippen LogP contribution in [0.25, 0.3) is 10.4 Å². The van der Waals surface area contributed by atoms with E-state index in [2.05, 4.69) is 10.0 Å². The minimum atomic E-state index is -0.531. The fourth-order valence-corrected chi connectivity index (χ4v) is 3.26. The van der Waals surface area contributed by atoms with Crippen LogP contribution in [0.1, 0.15) is 6.92 Å². The highest BCUT2D eigenvalue weighted by Gasteiger charge is 2.02. The molecule has 0 aliphatic rings. The Morgan fingerprint density at radius 1 is 1.53 bits per heavy atom. The molecule has 1 N–H and O–H groups in total. The molecule has 5 nitrogen and oxygen atoms in total. The summed E-state index contributed by atoms with van der Waals surface area (Å²) in [5.74, 6) is -0.155. The van der Waals surface area contributed by atoms with Crippen LogP contribution in [0.3, 0.4) is 0 Å². The van der Waals surface area contributed by atoms with Crippen LogP contribution in [0, 0.1) is 11.3 Å². The van der Waals surface area contributed by atoms with Gasteiger partial charge < -0.3 is 10.5 Å². The quantitative estimate of drug-likeness (QED) is 0.214. The van der Waals surface area contributed by atoms with Crippen molar-refractivity contribution in [3.8, 4) is 0 Å². The van der Waals surface area contributed by atoms with Gasteiger partial charge in [-0.3, -0.25) is 0 Å². The van der Waals surface area contributed by atoms with Crippen LogP contribution >= 0.6 is 21.6 Å². The van der Waals surface area contributed by atoms with Crippen LogP contribution in [-0.4, -0.2) is 11.7 Å². The van der Waals surface area contributed by atoms with Crippen molar-refractivity contribution in [2.24, 2.45) is 11.0 Å². The Morgan fingerprint density at radius 3 is 2.71 bits per heavy atom. The molecule has 0 aliphatic carbocycles. The van der Waals surface area contributed by atoms with Crippen molar-refractivity contribution in [2.45, 2.75) is 11.8 Å². The van der Waals surface area contributed by atoms with Crippen LogP contribution < -0.4 is 5.11 Å². The molecule has 17 heavy (non-hydrogen) atoms. The number of hydrogen-bond donors (Lipinski definition) is 1. The van der Waals surface area contributed by atoms with Crippen molar-refractivity contribution >= 4 is 33.2 Å². The van der Waals surface area contributed by atoms with Gasteiger partial charge in [0.2, 0.25) is 0 Å². The minimum Gasteiger partial charge on any atom is -0.862 e. The van der Waals surface area contributed by atoms with Crippen LogP contribution in [0.15, 0.2) is 34.3 Å². The maximum absolute atomic E-state index is 10.7. The van der Waals surface area contributed by atoms with E-state index in [0.29, 0.717) is 11.4 Å². The summed E-state index contributed by atoms with van der Waals surface area (Å²) in [5.41, 5.74) is 8.82. The standard InChI is InChI=1S/C10H12N4OS2/c1-7(10(11)15)6-16-17-9-4-2-8(3-5-9)13-14-12/h2-5,7H,6H2,1H3,(H2,11,15)/p-1. The zero-order valence-electron chi connectivity index (χ0n) is 9.16. The topological polar surface area (TPSA) is 95.7 Å². The zero-order chi connectivity index (χ0) is 12.7. The number of rotatable bonds is 6. The lowest BCUT2D eigenvalue weighted by Crippen LogP contribution is -2.25. The Bertz CT molecular complexity index is 428. The second-order valence-corrected chi connectivity index (χ2v) is 5.73. The molecule has 0 radical (unpaired) electrons. The summed E-state index contributed by atoms with van der Waals surface area (Å²) in [6, 6.07) is 7.19. The monoisotopic (exact) mass is 267 g/mol. The largest absolute Gasteiger partial charge is 0.862 e. The van der Waals surface area contributed by atoms with Crippen molar-refractivity contribution < 1.29 is 5.11 Å². The first kappa shape index (κ1) is 13.8. The van der Waals surface area contributed by atoms with Gasteiger partial charge in [0, 0.05) is 21.2 Å². The van der Waals surface area contributed by atoms with Gasteiger partial charge in [-0.2, -0.15) is 0 Å². The Morgan fingerprint density at radius 2 is 2.18 bits per heavy atom. The number of nitrogens with zero attached hydrogens (tertiary/aromatic N) is 3. The molecule has 0 spiro atoms. The van der Waals surface area contributed by atoms with Crippen molar-refractivity contribution in [2.75, 3.05) is 5.75 Å². The molecule has 0 saturated carbocycles. The lowest BCUT2D eigenvalue weighted by Gasteiger charge is -2.15. The molecule has 7 heteroatoms.